The fourth-order valence-electron chi connectivity index (χ4n) is 12.7. The second-order valence-corrected chi connectivity index (χ2v) is 38.9. The maximum atomic E-state index is 10.7. The third kappa shape index (κ3) is 29.2. The van der Waals surface area contributed by atoms with Gasteiger partial charge in [0.1, 0.15) is 0 Å². The summed E-state index contributed by atoms with van der Waals surface area (Å²) in [5.41, 5.74) is 9.80. The Labute approximate surface area is 768 Å². The number of rotatable bonds is 16. The second kappa shape index (κ2) is 53.8. The van der Waals surface area contributed by atoms with Gasteiger partial charge in [-0.05, 0) is 128 Å². The summed E-state index contributed by atoms with van der Waals surface area (Å²) < 4.78 is 1.09. The van der Waals surface area contributed by atoms with Crippen molar-refractivity contribution in [1.82, 2.24) is 15.0 Å². The van der Waals surface area contributed by atoms with Crippen molar-refractivity contribution in [2.75, 3.05) is 0 Å². The van der Waals surface area contributed by atoms with Gasteiger partial charge in [-0.3, -0.25) is 30.2 Å². The number of nitro groups is 2. The molecular formula is C103H93BBrN5O6P4PdS3. The van der Waals surface area contributed by atoms with Crippen molar-refractivity contribution < 1.29 is 40.3 Å². The topological polar surface area (TPSA) is 165 Å². The van der Waals surface area contributed by atoms with Crippen molar-refractivity contribution in [3.05, 3.63) is 501 Å². The van der Waals surface area contributed by atoms with Crippen molar-refractivity contribution in [3.63, 3.8) is 0 Å². The average Bonchev–Trinajstić information content (AvgIpc) is 1.64. The van der Waals surface area contributed by atoms with E-state index in [1.807, 2.05) is 5.51 Å². The van der Waals surface area contributed by atoms with Crippen LogP contribution in [0.2, 0.25) is 0 Å². The standard InChI is InChI=1S/4C18H15P.C10H7NS.C9H6N2O2S.C6H6BNO4.C3H2BrNS.3CH4.Pd/c4*1-4-10-16(11-5-1)19(17-12-6-2-7-13-17)18-14-8-3-9-15-18;1-2-4-8-7(3-1)5-9-10(8)12-6-11-9;12-11(13)8-4-2-1-3-7(8)9-5-10-6-14-9;9-7(10)5-3-1-2-4-6(5)8(11)12;4-3-1-5-2-6-3;;;;/h4*1-15H;1-4,6H,5H2;1-6H;1-4,9-10H;1-2H;3*1H4;. The Bertz CT molecular complexity index is 5120. The van der Waals surface area contributed by atoms with Crippen LogP contribution in [0.25, 0.3) is 20.9 Å². The number of nitrogens with zero attached hydrogens (tertiary/aromatic N) is 5. The maximum Gasteiger partial charge on any atom is 0.495 e. The molecule has 19 rings (SSSR count). The third-order valence-corrected chi connectivity index (χ3v) is 30.9. The van der Waals surface area contributed by atoms with Crippen LogP contribution < -0.4 is 69.1 Å². The molecule has 0 bridgehead atoms. The largest absolute Gasteiger partial charge is 0.495 e. The molecule has 0 aliphatic heterocycles. The van der Waals surface area contributed by atoms with Crippen molar-refractivity contribution >= 4 is 169 Å². The number of halogens is 1. The number of hydrogen-bond donors (Lipinski definition) is 2. The average molecular weight is 1910 g/mol. The molecule has 3 aromatic heterocycles. The summed E-state index contributed by atoms with van der Waals surface area (Å²) in [4.78, 5) is 34.2. The van der Waals surface area contributed by atoms with Crippen LogP contribution in [-0.4, -0.2) is 42.0 Å². The molecule has 0 saturated carbocycles. The number of aromatic nitrogens is 3. The van der Waals surface area contributed by atoms with Gasteiger partial charge < -0.3 is 10.0 Å². The Hall–Kier alpha value is -11.2. The van der Waals surface area contributed by atoms with E-state index < -0.39 is 43.7 Å². The summed E-state index contributed by atoms with van der Waals surface area (Å²) in [6.45, 7) is 0. The van der Waals surface area contributed by atoms with Crippen LogP contribution in [0.4, 0.5) is 11.4 Å². The first-order valence-corrected chi connectivity index (χ1v) is 46.9. The van der Waals surface area contributed by atoms with E-state index >= 15 is 0 Å². The fourth-order valence-corrected chi connectivity index (χ4v) is 24.1. The number of fused-ring (bicyclic) bond motifs is 3. The van der Waals surface area contributed by atoms with E-state index in [0.717, 1.165) is 15.1 Å². The number of nitro benzene ring substituents is 2. The Kier molecular flexibility index (Phi) is 42.6. The summed E-state index contributed by atoms with van der Waals surface area (Å²) >= 11 is 7.96. The molecule has 0 unspecified atom stereocenters. The Balaban J connectivity index is 0.000000177. The molecule has 624 valence electrons. The van der Waals surface area contributed by atoms with Crippen molar-refractivity contribution in [2.45, 2.75) is 28.7 Å². The second-order valence-electron chi connectivity index (χ2n) is 26.0. The molecule has 124 heavy (non-hydrogen) atoms. The van der Waals surface area contributed by atoms with Crippen LogP contribution in [0.5, 0.6) is 0 Å². The molecule has 3 heterocycles. The van der Waals surface area contributed by atoms with Crippen LogP contribution in [0.1, 0.15) is 33.5 Å². The molecule has 1 aliphatic carbocycles. The number of para-hydroxylation sites is 2. The summed E-state index contributed by atoms with van der Waals surface area (Å²) in [5, 5.41) is 55.2. The maximum absolute atomic E-state index is 10.7. The SMILES string of the molecule is Brc1cncs1.C.C.C.O=[N+]([O-])c1ccccc1-c1cncs1.O=[N+]([O-])c1ccccc1B(O)O.[Pd].c1ccc(P(c2ccccc2)c2ccccc2)cc1.c1ccc(P(c2ccccc2)c2ccccc2)cc1.c1ccc(P(c2ccccc2)c2ccccc2)cc1.c1ccc(P(c2ccccc2)c2ccccc2)cc1.c1ccc2c(c1)Cc1ncsc1-2. The zero-order valence-corrected chi connectivity index (χ0v) is 74.4. The predicted molar refractivity (Wildman–Crippen MR) is 538 cm³/mol. The van der Waals surface area contributed by atoms with Crippen LogP contribution >= 0.6 is 81.6 Å². The van der Waals surface area contributed by atoms with Crippen molar-refractivity contribution in [3.8, 4) is 20.9 Å². The molecule has 0 atom stereocenters. The minimum atomic E-state index is -1.80. The van der Waals surface area contributed by atoms with E-state index in [9.17, 15) is 20.2 Å². The number of hydrogen-bond acceptors (Lipinski definition) is 12. The number of thiazole rings is 3. The molecule has 15 aromatic carbocycles. The molecular weight excluding hydrogens is 1820 g/mol. The molecule has 0 spiro atoms. The first-order valence-electron chi connectivity index (χ1n) is 38.1. The van der Waals surface area contributed by atoms with E-state index in [0.29, 0.717) is 5.56 Å². The van der Waals surface area contributed by atoms with Crippen LogP contribution in [0.15, 0.2) is 469 Å². The Morgan fingerprint density at radius 1 is 0.306 bits per heavy atom. The Morgan fingerprint density at radius 3 is 0.798 bits per heavy atom. The van der Waals surface area contributed by atoms with E-state index in [-0.39, 0.29) is 64.5 Å². The summed E-state index contributed by atoms with van der Waals surface area (Å²) in [5.74, 6) is 0. The first kappa shape index (κ1) is 98.3. The smallest absolute Gasteiger partial charge is 0.423 e. The minimum absolute atomic E-state index is 0. The zero-order chi connectivity index (χ0) is 83.1. The molecule has 1 aliphatic rings. The van der Waals surface area contributed by atoms with Crippen LogP contribution in [-0.2, 0) is 26.8 Å². The molecule has 21 heteroatoms. The molecule has 11 nitrogen and oxygen atoms in total. The van der Waals surface area contributed by atoms with Gasteiger partial charge in [-0.1, -0.05) is 441 Å². The third-order valence-electron chi connectivity index (χ3n) is 18.0. The fraction of sp³-hybridized carbons (Fsp3) is 0.0388. The van der Waals surface area contributed by atoms with Gasteiger partial charge in [0.05, 0.1) is 62.8 Å². The van der Waals surface area contributed by atoms with E-state index in [1.165, 1.54) is 127 Å². The van der Waals surface area contributed by atoms with Gasteiger partial charge in [0.25, 0.3) is 11.4 Å². The van der Waals surface area contributed by atoms with Crippen molar-refractivity contribution in [2.24, 2.45) is 0 Å². The first-order chi connectivity index (χ1) is 59.1. The van der Waals surface area contributed by atoms with Gasteiger partial charge in [-0.2, -0.15) is 0 Å². The minimum Gasteiger partial charge on any atom is -0.423 e. The van der Waals surface area contributed by atoms with Gasteiger partial charge in [0.2, 0.25) is 0 Å². The monoisotopic (exact) mass is 1910 g/mol. The molecule has 2 N–H and O–H groups in total. The molecule has 0 fully saturated rings. The van der Waals surface area contributed by atoms with E-state index in [1.54, 1.807) is 64.3 Å². The predicted octanol–water partition coefficient (Wildman–Crippen LogP) is 22.3. The Morgan fingerprint density at radius 2 is 0.556 bits per heavy atom. The molecule has 0 radical (unpaired) electrons. The summed E-state index contributed by atoms with van der Waals surface area (Å²) in [6.07, 6.45) is 4.42. The van der Waals surface area contributed by atoms with Crippen LogP contribution in [0.3, 0.4) is 0 Å². The zero-order valence-electron chi connectivity index (χ0n) is 65.2. The normalized spacial score (nSPS) is 10.2. The summed E-state index contributed by atoms with van der Waals surface area (Å²) in [6, 6.07) is 150. The van der Waals surface area contributed by atoms with E-state index in [4.69, 9.17) is 10.0 Å². The van der Waals surface area contributed by atoms with Crippen molar-refractivity contribution in [1.29, 1.82) is 0 Å². The molecule has 18 aromatic rings. The van der Waals surface area contributed by atoms with E-state index in [2.05, 4.69) is 419 Å². The quantitative estimate of drug-likeness (QED) is 0.0414. The van der Waals surface area contributed by atoms with Gasteiger partial charge in [-0.25, -0.2) is 4.98 Å². The molecule has 0 saturated heterocycles. The van der Waals surface area contributed by atoms with Gasteiger partial charge in [-0.15, -0.1) is 34.0 Å². The van der Waals surface area contributed by atoms with Gasteiger partial charge in [0, 0.05) is 45.2 Å². The van der Waals surface area contributed by atoms with Gasteiger partial charge >= 0.3 is 7.12 Å². The number of benzene rings is 15. The van der Waals surface area contributed by atoms with Crippen LogP contribution in [0, 0.1) is 20.2 Å². The molecule has 0 amide bonds. The summed E-state index contributed by atoms with van der Waals surface area (Å²) in [7, 11) is -3.58. The van der Waals surface area contributed by atoms with Gasteiger partial charge in [0.15, 0.2) is 0 Å².